The van der Waals surface area contributed by atoms with E-state index < -0.39 is 11.8 Å². The Morgan fingerprint density at radius 2 is 1.53 bits per heavy atom. The van der Waals surface area contributed by atoms with Crippen molar-refractivity contribution in [2.45, 2.75) is 13.2 Å². The summed E-state index contributed by atoms with van der Waals surface area (Å²) in [7, 11) is 0. The van der Waals surface area contributed by atoms with E-state index in [1.54, 1.807) is 48.8 Å². The van der Waals surface area contributed by atoms with Gasteiger partial charge in [0, 0.05) is 12.1 Å². The molecule has 0 fully saturated rings. The van der Waals surface area contributed by atoms with Gasteiger partial charge in [0.15, 0.2) is 0 Å². The Balaban J connectivity index is 1.46. The summed E-state index contributed by atoms with van der Waals surface area (Å²) in [5.74, 6) is -0.786. The van der Waals surface area contributed by atoms with Crippen LogP contribution in [0.4, 0.5) is 0 Å². The summed E-state index contributed by atoms with van der Waals surface area (Å²) in [4.78, 5) is 35.6. The predicted octanol–water partition coefficient (Wildman–Crippen LogP) is 4.03. The quantitative estimate of drug-likeness (QED) is 0.472. The zero-order valence-electron chi connectivity index (χ0n) is 17.0. The molecule has 1 N–H and O–H groups in total. The maximum Gasteiger partial charge on any atom is 0.285 e. The van der Waals surface area contributed by atoms with Crippen molar-refractivity contribution in [1.82, 2.24) is 14.6 Å². The van der Waals surface area contributed by atoms with Gasteiger partial charge < -0.3 is 9.67 Å². The Morgan fingerprint density at radius 3 is 2.22 bits per heavy atom. The van der Waals surface area contributed by atoms with E-state index in [-0.39, 0.29) is 12.4 Å². The van der Waals surface area contributed by atoms with Crippen LogP contribution in [0, 0.1) is 0 Å². The van der Waals surface area contributed by atoms with E-state index in [0.717, 1.165) is 16.2 Å². The lowest BCUT2D eigenvalue weighted by Crippen LogP contribution is -2.30. The highest BCUT2D eigenvalue weighted by molar-refractivity contribution is 6.20. The molecule has 1 aliphatic heterocycles. The normalized spacial score (nSPS) is 12.9. The van der Waals surface area contributed by atoms with E-state index in [2.05, 4.69) is 4.98 Å². The van der Waals surface area contributed by atoms with Crippen molar-refractivity contribution in [3.05, 3.63) is 108 Å². The second-order valence-electron chi connectivity index (χ2n) is 7.43. The number of amides is 2. The molecule has 0 unspecified atom stereocenters. The molecular formula is C25H19N3O4. The molecule has 0 spiro atoms. The van der Waals surface area contributed by atoms with Crippen LogP contribution in [-0.4, -0.2) is 31.5 Å². The van der Waals surface area contributed by atoms with Crippen molar-refractivity contribution >= 4 is 11.8 Å². The lowest BCUT2D eigenvalue weighted by atomic mass is 10.1. The molecule has 0 aliphatic carbocycles. The molecule has 5 rings (SSSR count). The van der Waals surface area contributed by atoms with Crippen LogP contribution in [0.15, 0.2) is 85.2 Å². The number of carbonyl (C=O) groups excluding carboxylic acids is 2. The molecule has 7 heteroatoms. The van der Waals surface area contributed by atoms with Gasteiger partial charge in [0.1, 0.15) is 12.4 Å². The number of imidazole rings is 1. The molecule has 0 radical (unpaired) electrons. The highest BCUT2D eigenvalue weighted by Crippen LogP contribution is 2.27. The maximum atomic E-state index is 12.7. The van der Waals surface area contributed by atoms with Crippen molar-refractivity contribution in [3.8, 4) is 17.0 Å². The molecule has 4 aromatic rings. The molecule has 1 aromatic heterocycles. The third kappa shape index (κ3) is 3.55. The molecule has 0 saturated carbocycles. The average Bonchev–Trinajstić information content (AvgIpc) is 3.32. The van der Waals surface area contributed by atoms with Gasteiger partial charge in [-0.25, -0.2) is 4.98 Å². The molecule has 0 atom stereocenters. The lowest BCUT2D eigenvalue weighted by Gasteiger charge is -2.16. The second kappa shape index (κ2) is 8.13. The molecule has 2 amide bonds. The van der Waals surface area contributed by atoms with Gasteiger partial charge in [0.25, 0.3) is 11.8 Å². The molecule has 7 nitrogen and oxygen atoms in total. The highest BCUT2D eigenvalue weighted by Gasteiger charge is 2.36. The van der Waals surface area contributed by atoms with E-state index in [1.807, 2.05) is 41.0 Å². The van der Waals surface area contributed by atoms with Gasteiger partial charge in [-0.05, 0) is 29.8 Å². The zero-order valence-corrected chi connectivity index (χ0v) is 17.0. The van der Waals surface area contributed by atoms with Crippen LogP contribution >= 0.6 is 0 Å². The number of aromatic nitrogens is 2. The fourth-order valence-electron chi connectivity index (χ4n) is 3.79. The first-order valence-corrected chi connectivity index (χ1v) is 10.1. The summed E-state index contributed by atoms with van der Waals surface area (Å²) in [6, 6.07) is 23.2. The minimum atomic E-state index is -0.481. The van der Waals surface area contributed by atoms with Gasteiger partial charge in [-0.2, -0.15) is 0 Å². The lowest BCUT2D eigenvalue weighted by molar-refractivity contribution is -0.102. The SMILES string of the molecule is O=C1c2ccccc2C(=O)N1OCc1c(-c2ccccc2)ncn1Cc1cccc(O)c1. The van der Waals surface area contributed by atoms with Gasteiger partial charge in [-0.15, -0.1) is 5.06 Å². The first kappa shape index (κ1) is 19.7. The van der Waals surface area contributed by atoms with Crippen LogP contribution in [0.1, 0.15) is 32.0 Å². The number of nitrogens with zero attached hydrogens (tertiary/aromatic N) is 3. The number of carbonyl (C=O) groups is 2. The first-order valence-electron chi connectivity index (χ1n) is 10.1. The summed E-state index contributed by atoms with van der Waals surface area (Å²) in [6.07, 6.45) is 1.69. The highest BCUT2D eigenvalue weighted by atomic mass is 16.7. The van der Waals surface area contributed by atoms with Crippen LogP contribution in [0.2, 0.25) is 0 Å². The largest absolute Gasteiger partial charge is 0.508 e. The molecule has 1 aliphatic rings. The Kier molecular flexibility index (Phi) is 5.01. The molecule has 158 valence electrons. The summed E-state index contributed by atoms with van der Waals surface area (Å²) in [5.41, 5.74) is 3.83. The average molecular weight is 425 g/mol. The molecular weight excluding hydrogens is 406 g/mol. The summed E-state index contributed by atoms with van der Waals surface area (Å²) < 4.78 is 1.88. The van der Waals surface area contributed by atoms with E-state index in [4.69, 9.17) is 4.84 Å². The number of benzene rings is 3. The minimum Gasteiger partial charge on any atom is -0.508 e. The van der Waals surface area contributed by atoms with Crippen LogP contribution in [0.25, 0.3) is 11.3 Å². The van der Waals surface area contributed by atoms with Gasteiger partial charge in [-0.1, -0.05) is 54.6 Å². The van der Waals surface area contributed by atoms with Crippen molar-refractivity contribution in [2.24, 2.45) is 0 Å². The van der Waals surface area contributed by atoms with Gasteiger partial charge in [0.2, 0.25) is 0 Å². The van der Waals surface area contributed by atoms with Crippen LogP contribution in [0.5, 0.6) is 5.75 Å². The number of phenolic OH excluding ortho intramolecular Hbond substituents is 1. The number of hydroxylamine groups is 2. The zero-order chi connectivity index (χ0) is 22.1. The Hall–Kier alpha value is -4.23. The third-order valence-corrected chi connectivity index (χ3v) is 5.34. The van der Waals surface area contributed by atoms with Crippen LogP contribution in [0.3, 0.4) is 0 Å². The van der Waals surface area contributed by atoms with E-state index in [0.29, 0.717) is 29.1 Å². The number of imide groups is 1. The number of aromatic hydroxyl groups is 1. The summed E-state index contributed by atoms with van der Waals surface area (Å²) in [6.45, 7) is 0.406. The summed E-state index contributed by atoms with van der Waals surface area (Å²) >= 11 is 0. The van der Waals surface area contributed by atoms with E-state index in [1.165, 1.54) is 0 Å². The van der Waals surface area contributed by atoms with Crippen LogP contribution in [-0.2, 0) is 18.0 Å². The fourth-order valence-corrected chi connectivity index (χ4v) is 3.79. The Morgan fingerprint density at radius 1 is 0.844 bits per heavy atom. The Bertz CT molecular complexity index is 1280. The van der Waals surface area contributed by atoms with Crippen molar-refractivity contribution in [1.29, 1.82) is 0 Å². The predicted molar refractivity (Wildman–Crippen MR) is 117 cm³/mol. The minimum absolute atomic E-state index is 0.0332. The first-order chi connectivity index (χ1) is 15.6. The van der Waals surface area contributed by atoms with E-state index in [9.17, 15) is 14.7 Å². The van der Waals surface area contributed by atoms with Crippen molar-refractivity contribution in [3.63, 3.8) is 0 Å². The van der Waals surface area contributed by atoms with Crippen molar-refractivity contribution in [2.75, 3.05) is 0 Å². The second-order valence-corrected chi connectivity index (χ2v) is 7.43. The smallest absolute Gasteiger partial charge is 0.285 e. The molecule has 3 aromatic carbocycles. The topological polar surface area (TPSA) is 84.7 Å². The monoisotopic (exact) mass is 425 g/mol. The fraction of sp³-hybridized carbons (Fsp3) is 0.0800. The molecule has 32 heavy (non-hydrogen) atoms. The molecule has 2 heterocycles. The Labute approximate surface area is 184 Å². The maximum absolute atomic E-state index is 12.7. The molecule has 0 saturated heterocycles. The number of phenols is 1. The van der Waals surface area contributed by atoms with Gasteiger partial charge >= 0.3 is 0 Å². The molecule has 0 bridgehead atoms. The van der Waals surface area contributed by atoms with Crippen LogP contribution < -0.4 is 0 Å². The number of hydrogen-bond donors (Lipinski definition) is 1. The van der Waals surface area contributed by atoms with Crippen molar-refractivity contribution < 1.29 is 19.5 Å². The standard InChI is InChI=1S/C25H19N3O4/c29-19-10-6-7-17(13-19)14-27-16-26-23(18-8-2-1-3-9-18)22(27)15-32-28-24(30)20-11-4-5-12-21(20)25(28)31/h1-13,16,29H,14-15H2. The number of hydrogen-bond acceptors (Lipinski definition) is 5. The summed E-state index contributed by atoms with van der Waals surface area (Å²) in [5, 5.41) is 10.6. The van der Waals surface area contributed by atoms with Gasteiger partial charge in [0.05, 0.1) is 28.8 Å². The van der Waals surface area contributed by atoms with E-state index >= 15 is 0 Å². The van der Waals surface area contributed by atoms with Gasteiger partial charge in [-0.3, -0.25) is 14.4 Å². The number of rotatable bonds is 6. The number of fused-ring (bicyclic) bond motifs is 1. The third-order valence-electron chi connectivity index (χ3n) is 5.34.